The molecule has 0 aliphatic rings. The van der Waals surface area contributed by atoms with Crippen molar-refractivity contribution in [2.45, 2.75) is 33.6 Å². The van der Waals surface area contributed by atoms with Crippen LogP contribution < -0.4 is 5.32 Å². The molecule has 24 heavy (non-hydrogen) atoms. The van der Waals surface area contributed by atoms with Crippen molar-refractivity contribution in [1.82, 2.24) is 25.4 Å². The van der Waals surface area contributed by atoms with Gasteiger partial charge in [-0.2, -0.15) is 0 Å². The Kier molecular flexibility index (Phi) is 4.11. The van der Waals surface area contributed by atoms with Gasteiger partial charge < -0.3 is 9.84 Å². The molecule has 1 amide bonds. The number of amides is 1. The molecule has 1 N–H and O–H groups in total. The molecule has 0 saturated carbocycles. The second-order valence-electron chi connectivity index (χ2n) is 5.87. The van der Waals surface area contributed by atoms with Gasteiger partial charge >= 0.3 is 0 Å². The van der Waals surface area contributed by atoms with Crippen molar-refractivity contribution in [3.63, 3.8) is 0 Å². The zero-order valence-electron chi connectivity index (χ0n) is 13.9. The molecule has 8 nitrogen and oxygen atoms in total. The third kappa shape index (κ3) is 2.90. The minimum atomic E-state index is -0.230. The van der Waals surface area contributed by atoms with E-state index in [1.54, 1.807) is 17.7 Å². The summed E-state index contributed by atoms with van der Waals surface area (Å²) in [6.07, 6.45) is 1.52. The summed E-state index contributed by atoms with van der Waals surface area (Å²) in [6.45, 7) is 7.61. The van der Waals surface area contributed by atoms with Gasteiger partial charge in [-0.15, -0.1) is 5.10 Å². The van der Waals surface area contributed by atoms with E-state index in [0.717, 1.165) is 11.3 Å². The maximum absolute atomic E-state index is 12.6. The van der Waals surface area contributed by atoms with Crippen LogP contribution in [0, 0.1) is 13.8 Å². The average Bonchev–Trinajstić information content (AvgIpc) is 3.16. The minimum Gasteiger partial charge on any atom is -0.360 e. The van der Waals surface area contributed by atoms with Crippen molar-refractivity contribution in [1.29, 1.82) is 0 Å². The van der Waals surface area contributed by atoms with E-state index in [9.17, 15) is 4.79 Å². The fourth-order valence-electron chi connectivity index (χ4n) is 2.51. The standard InChI is InChI=1S/C16H18N6O2/c1-9(2)15-14(11(4)19-24-15)16(23)18-12-5-6-13(10(3)7-12)22-8-17-20-21-22/h5-9H,1-4H3,(H,18,23). The maximum Gasteiger partial charge on any atom is 0.261 e. The van der Waals surface area contributed by atoms with E-state index < -0.39 is 0 Å². The highest BCUT2D eigenvalue weighted by molar-refractivity contribution is 6.05. The van der Waals surface area contributed by atoms with Gasteiger partial charge in [0.2, 0.25) is 0 Å². The molecule has 0 atom stereocenters. The van der Waals surface area contributed by atoms with Crippen LogP contribution in [-0.2, 0) is 0 Å². The summed E-state index contributed by atoms with van der Waals surface area (Å²) < 4.78 is 6.84. The largest absolute Gasteiger partial charge is 0.360 e. The van der Waals surface area contributed by atoms with Gasteiger partial charge in [0.15, 0.2) is 5.76 Å². The number of rotatable bonds is 4. The quantitative estimate of drug-likeness (QED) is 0.791. The van der Waals surface area contributed by atoms with E-state index in [-0.39, 0.29) is 11.8 Å². The highest BCUT2D eigenvalue weighted by Gasteiger charge is 2.22. The summed E-state index contributed by atoms with van der Waals surface area (Å²) in [4.78, 5) is 12.6. The zero-order chi connectivity index (χ0) is 17.3. The van der Waals surface area contributed by atoms with Gasteiger partial charge in [-0.05, 0) is 48.0 Å². The van der Waals surface area contributed by atoms with Gasteiger partial charge in [-0.25, -0.2) is 4.68 Å². The summed E-state index contributed by atoms with van der Waals surface area (Å²) in [5.74, 6) is 0.440. The number of nitrogens with zero attached hydrogens (tertiary/aromatic N) is 5. The molecule has 0 bridgehead atoms. The molecule has 0 radical (unpaired) electrons. The minimum absolute atomic E-state index is 0.0795. The summed E-state index contributed by atoms with van der Waals surface area (Å²) >= 11 is 0. The lowest BCUT2D eigenvalue weighted by Crippen LogP contribution is -2.15. The van der Waals surface area contributed by atoms with Gasteiger partial charge in [0.25, 0.3) is 5.91 Å². The number of tetrazole rings is 1. The van der Waals surface area contributed by atoms with E-state index in [2.05, 4.69) is 26.0 Å². The zero-order valence-corrected chi connectivity index (χ0v) is 13.9. The van der Waals surface area contributed by atoms with Crippen LogP contribution >= 0.6 is 0 Å². The van der Waals surface area contributed by atoms with Crippen molar-refractivity contribution in [3.05, 3.63) is 47.1 Å². The second kappa shape index (κ2) is 6.23. The van der Waals surface area contributed by atoms with E-state index in [1.165, 1.54) is 6.33 Å². The first-order valence-electron chi connectivity index (χ1n) is 7.59. The number of carbonyl (C=O) groups excluding carboxylic acids is 1. The van der Waals surface area contributed by atoms with E-state index in [0.29, 0.717) is 22.7 Å². The van der Waals surface area contributed by atoms with Gasteiger partial charge in [-0.3, -0.25) is 4.79 Å². The Bertz CT molecular complexity index is 867. The Labute approximate surface area is 138 Å². The molecule has 0 spiro atoms. The second-order valence-corrected chi connectivity index (χ2v) is 5.87. The van der Waals surface area contributed by atoms with Crippen LogP contribution in [0.25, 0.3) is 5.69 Å². The van der Waals surface area contributed by atoms with Gasteiger partial charge in [0, 0.05) is 11.6 Å². The van der Waals surface area contributed by atoms with E-state index >= 15 is 0 Å². The predicted octanol–water partition coefficient (Wildman–Crippen LogP) is 2.64. The molecule has 1 aromatic carbocycles. The molecule has 0 saturated heterocycles. The van der Waals surface area contributed by atoms with Crippen LogP contribution in [0.15, 0.2) is 29.0 Å². The van der Waals surface area contributed by atoms with Crippen LogP contribution in [0.3, 0.4) is 0 Å². The van der Waals surface area contributed by atoms with Crippen molar-refractivity contribution >= 4 is 11.6 Å². The van der Waals surface area contributed by atoms with E-state index in [4.69, 9.17) is 4.52 Å². The summed E-state index contributed by atoms with van der Waals surface area (Å²) in [7, 11) is 0. The first-order chi connectivity index (χ1) is 11.5. The van der Waals surface area contributed by atoms with Gasteiger partial charge in [0.05, 0.1) is 11.4 Å². The fourth-order valence-corrected chi connectivity index (χ4v) is 2.51. The first kappa shape index (κ1) is 15.9. The molecular weight excluding hydrogens is 308 g/mol. The molecule has 8 heteroatoms. The van der Waals surface area contributed by atoms with Crippen molar-refractivity contribution in [2.24, 2.45) is 0 Å². The Hall–Kier alpha value is -3.03. The predicted molar refractivity (Wildman–Crippen MR) is 87.2 cm³/mol. The molecular formula is C16H18N6O2. The number of hydrogen-bond acceptors (Lipinski definition) is 6. The van der Waals surface area contributed by atoms with Crippen LogP contribution in [0.5, 0.6) is 0 Å². The summed E-state index contributed by atoms with van der Waals surface area (Å²) in [5.41, 5.74) is 3.54. The molecule has 3 rings (SSSR count). The molecule has 3 aromatic rings. The molecule has 0 aliphatic carbocycles. The molecule has 2 aromatic heterocycles. The number of hydrogen-bond donors (Lipinski definition) is 1. The highest BCUT2D eigenvalue weighted by atomic mass is 16.5. The molecule has 2 heterocycles. The first-order valence-corrected chi connectivity index (χ1v) is 7.59. The lowest BCUT2D eigenvalue weighted by Gasteiger charge is -2.10. The van der Waals surface area contributed by atoms with Crippen molar-refractivity contribution in [3.8, 4) is 5.69 Å². The Morgan fingerprint density at radius 2 is 2.08 bits per heavy atom. The number of aromatic nitrogens is 5. The number of aryl methyl sites for hydroxylation is 2. The third-order valence-corrected chi connectivity index (χ3v) is 3.69. The van der Waals surface area contributed by atoms with Gasteiger partial charge in [0.1, 0.15) is 11.9 Å². The Balaban J connectivity index is 1.86. The van der Waals surface area contributed by atoms with E-state index in [1.807, 2.05) is 32.9 Å². The van der Waals surface area contributed by atoms with Crippen LogP contribution in [0.1, 0.15) is 47.1 Å². The monoisotopic (exact) mass is 326 g/mol. The van der Waals surface area contributed by atoms with Crippen LogP contribution in [0.2, 0.25) is 0 Å². The maximum atomic E-state index is 12.6. The number of carbonyl (C=O) groups is 1. The molecule has 124 valence electrons. The molecule has 0 unspecified atom stereocenters. The topological polar surface area (TPSA) is 98.7 Å². The number of nitrogens with one attached hydrogen (secondary N) is 1. The smallest absolute Gasteiger partial charge is 0.261 e. The van der Waals surface area contributed by atoms with Crippen molar-refractivity contribution < 1.29 is 9.32 Å². The Morgan fingerprint density at radius 1 is 1.29 bits per heavy atom. The summed E-state index contributed by atoms with van der Waals surface area (Å²) in [6, 6.07) is 5.53. The lowest BCUT2D eigenvalue weighted by molar-refractivity contribution is 0.102. The lowest BCUT2D eigenvalue weighted by atomic mass is 10.0. The average molecular weight is 326 g/mol. The number of anilines is 1. The summed E-state index contributed by atoms with van der Waals surface area (Å²) in [5, 5.41) is 17.9. The Morgan fingerprint density at radius 3 is 2.71 bits per heavy atom. The highest BCUT2D eigenvalue weighted by Crippen LogP contribution is 2.24. The van der Waals surface area contributed by atoms with Crippen LogP contribution in [0.4, 0.5) is 5.69 Å². The fraction of sp³-hybridized carbons (Fsp3) is 0.312. The normalized spacial score (nSPS) is 11.0. The molecule has 0 aliphatic heterocycles. The third-order valence-electron chi connectivity index (χ3n) is 3.69. The van der Waals surface area contributed by atoms with Gasteiger partial charge in [-0.1, -0.05) is 19.0 Å². The SMILES string of the molecule is Cc1cc(NC(=O)c2c(C)noc2C(C)C)ccc1-n1cnnn1. The molecule has 0 fully saturated rings. The van der Waals surface area contributed by atoms with Crippen molar-refractivity contribution in [2.75, 3.05) is 5.32 Å². The van der Waals surface area contributed by atoms with Crippen LogP contribution in [-0.4, -0.2) is 31.3 Å². The number of benzene rings is 1.